The van der Waals surface area contributed by atoms with Crippen LogP contribution in [0.15, 0.2) is 48.5 Å². The van der Waals surface area contributed by atoms with Gasteiger partial charge in [-0.15, -0.1) is 0 Å². The highest BCUT2D eigenvalue weighted by Crippen LogP contribution is 2.23. The number of anilines is 1. The van der Waals surface area contributed by atoms with E-state index < -0.39 is 22.0 Å². The number of hydrogen-bond acceptors (Lipinski definition) is 4. The zero-order chi connectivity index (χ0) is 25.3. The number of amides is 2. The van der Waals surface area contributed by atoms with Crippen molar-refractivity contribution in [2.24, 2.45) is 0 Å². The van der Waals surface area contributed by atoms with E-state index in [0.29, 0.717) is 18.7 Å². The van der Waals surface area contributed by atoms with E-state index >= 15 is 0 Å². The molecule has 8 heteroatoms. The highest BCUT2D eigenvalue weighted by molar-refractivity contribution is 7.92. The summed E-state index contributed by atoms with van der Waals surface area (Å²) >= 11 is 0. The van der Waals surface area contributed by atoms with Gasteiger partial charge in [0.1, 0.15) is 12.6 Å². The van der Waals surface area contributed by atoms with Crippen molar-refractivity contribution in [2.75, 3.05) is 23.7 Å². The van der Waals surface area contributed by atoms with Crippen molar-refractivity contribution in [3.05, 3.63) is 65.2 Å². The Morgan fingerprint density at radius 3 is 2.15 bits per heavy atom. The molecule has 0 spiro atoms. The minimum atomic E-state index is -3.74. The maximum atomic E-state index is 13.7. The first-order valence-corrected chi connectivity index (χ1v) is 13.6. The number of para-hydroxylation sites is 1. The molecule has 186 valence electrons. The minimum Gasteiger partial charge on any atom is -0.354 e. The van der Waals surface area contributed by atoms with Crippen LogP contribution in [0, 0.1) is 13.8 Å². The van der Waals surface area contributed by atoms with Crippen LogP contribution in [-0.4, -0.2) is 50.5 Å². The van der Waals surface area contributed by atoms with E-state index in [-0.39, 0.29) is 19.0 Å². The van der Waals surface area contributed by atoms with Crippen molar-refractivity contribution in [1.82, 2.24) is 10.2 Å². The van der Waals surface area contributed by atoms with E-state index in [0.717, 1.165) is 40.1 Å². The molecule has 0 radical (unpaired) electrons. The van der Waals surface area contributed by atoms with Gasteiger partial charge in [-0.2, -0.15) is 0 Å². The Kier molecular flexibility index (Phi) is 10.1. The molecular formula is C26H37N3O4S. The molecular weight excluding hydrogens is 450 g/mol. The van der Waals surface area contributed by atoms with Crippen molar-refractivity contribution in [2.45, 2.75) is 59.5 Å². The Balaban J connectivity index is 2.43. The number of benzene rings is 2. The molecule has 0 fully saturated rings. The highest BCUT2D eigenvalue weighted by atomic mass is 32.2. The molecule has 1 N–H and O–H groups in total. The minimum absolute atomic E-state index is 0.219. The summed E-state index contributed by atoms with van der Waals surface area (Å²) in [5, 5.41) is 2.93. The first-order valence-electron chi connectivity index (χ1n) is 11.7. The normalized spacial score (nSPS) is 12.1. The fourth-order valence-electron chi connectivity index (χ4n) is 3.83. The van der Waals surface area contributed by atoms with Gasteiger partial charge in [0.25, 0.3) is 0 Å². The molecule has 2 rings (SSSR count). The third-order valence-electron chi connectivity index (χ3n) is 5.88. The molecule has 7 nitrogen and oxygen atoms in total. The number of rotatable bonds is 12. The zero-order valence-electron chi connectivity index (χ0n) is 20.9. The summed E-state index contributed by atoms with van der Waals surface area (Å²) in [6.07, 6.45) is 3.30. The number of carbonyl (C=O) groups is 2. The lowest BCUT2D eigenvalue weighted by Gasteiger charge is -2.33. The summed E-state index contributed by atoms with van der Waals surface area (Å²) in [7, 11) is -3.74. The van der Waals surface area contributed by atoms with Crippen LogP contribution in [0.3, 0.4) is 0 Å². The number of aryl methyl sites for hydroxylation is 2. The predicted molar refractivity (Wildman–Crippen MR) is 137 cm³/mol. The molecule has 0 aromatic heterocycles. The Morgan fingerprint density at radius 2 is 1.59 bits per heavy atom. The van der Waals surface area contributed by atoms with Crippen LogP contribution in [0.2, 0.25) is 0 Å². The van der Waals surface area contributed by atoms with Gasteiger partial charge in [-0.3, -0.25) is 13.9 Å². The second-order valence-electron chi connectivity index (χ2n) is 8.57. The molecule has 34 heavy (non-hydrogen) atoms. The number of nitrogens with one attached hydrogen (secondary N) is 1. The molecule has 0 heterocycles. The summed E-state index contributed by atoms with van der Waals surface area (Å²) in [4.78, 5) is 28.2. The first-order chi connectivity index (χ1) is 16.1. The van der Waals surface area contributed by atoms with Gasteiger partial charge in [-0.05, 0) is 49.4 Å². The van der Waals surface area contributed by atoms with Crippen LogP contribution >= 0.6 is 0 Å². The monoisotopic (exact) mass is 487 g/mol. The third kappa shape index (κ3) is 7.32. The summed E-state index contributed by atoms with van der Waals surface area (Å²) in [5.41, 5.74) is 3.11. The average molecular weight is 488 g/mol. The van der Waals surface area contributed by atoms with Gasteiger partial charge in [0.05, 0.1) is 11.9 Å². The maximum absolute atomic E-state index is 13.7. The fourth-order valence-corrected chi connectivity index (χ4v) is 4.74. The van der Waals surface area contributed by atoms with E-state index in [4.69, 9.17) is 0 Å². The van der Waals surface area contributed by atoms with E-state index in [1.54, 1.807) is 25.1 Å². The number of carbonyl (C=O) groups excluding carboxylic acids is 2. The van der Waals surface area contributed by atoms with Crippen molar-refractivity contribution < 1.29 is 18.0 Å². The molecule has 1 atom stereocenters. The fraction of sp³-hybridized carbons (Fsp3) is 0.462. The molecule has 0 saturated carbocycles. The molecule has 0 unspecified atom stereocenters. The van der Waals surface area contributed by atoms with Gasteiger partial charge in [-0.25, -0.2) is 8.42 Å². The van der Waals surface area contributed by atoms with Crippen LogP contribution in [0.25, 0.3) is 0 Å². The van der Waals surface area contributed by atoms with Gasteiger partial charge in [0, 0.05) is 13.1 Å². The summed E-state index contributed by atoms with van der Waals surface area (Å²) < 4.78 is 26.5. The lowest BCUT2D eigenvalue weighted by atomic mass is 10.1. The van der Waals surface area contributed by atoms with Gasteiger partial charge >= 0.3 is 0 Å². The second kappa shape index (κ2) is 12.6. The average Bonchev–Trinajstić information content (AvgIpc) is 2.78. The quantitative estimate of drug-likeness (QED) is 0.462. The molecule has 2 aromatic rings. The molecule has 0 aliphatic carbocycles. The van der Waals surface area contributed by atoms with Gasteiger partial charge in [-0.1, -0.05) is 62.7 Å². The van der Waals surface area contributed by atoms with E-state index in [9.17, 15) is 18.0 Å². The SMILES string of the molecule is CCCCNC(=O)[C@H](CC)N(Cc1ccccc1C)C(=O)CN(c1ccccc1C)S(C)(=O)=O. The Labute approximate surface area is 204 Å². The molecule has 2 amide bonds. The van der Waals surface area contributed by atoms with Crippen LogP contribution in [0.1, 0.15) is 49.8 Å². The Bertz CT molecular complexity index is 1080. The van der Waals surface area contributed by atoms with E-state index in [2.05, 4.69) is 5.32 Å². The van der Waals surface area contributed by atoms with Crippen molar-refractivity contribution in [3.8, 4) is 0 Å². The predicted octanol–water partition coefficient (Wildman–Crippen LogP) is 3.79. The second-order valence-corrected chi connectivity index (χ2v) is 10.5. The van der Waals surface area contributed by atoms with Crippen LogP contribution < -0.4 is 9.62 Å². The smallest absolute Gasteiger partial charge is 0.244 e. The molecule has 2 aromatic carbocycles. The standard InChI is InChI=1S/C26H37N3O4S/c1-6-8-17-27-26(31)23(7-2)28(18-22-15-11-9-13-20(22)3)25(30)19-29(34(5,32)33)24-16-12-10-14-21(24)4/h9-16,23H,6-8,17-19H2,1-5H3,(H,27,31)/t23-/m0/s1. The van der Waals surface area contributed by atoms with Crippen molar-refractivity contribution in [3.63, 3.8) is 0 Å². The highest BCUT2D eigenvalue weighted by Gasteiger charge is 2.32. The van der Waals surface area contributed by atoms with Crippen LogP contribution in [-0.2, 0) is 26.2 Å². The van der Waals surface area contributed by atoms with E-state index in [1.165, 1.54) is 4.90 Å². The van der Waals surface area contributed by atoms with E-state index in [1.807, 2.05) is 51.1 Å². The lowest BCUT2D eigenvalue weighted by molar-refractivity contribution is -0.140. The van der Waals surface area contributed by atoms with Gasteiger partial charge < -0.3 is 10.2 Å². The van der Waals surface area contributed by atoms with Crippen LogP contribution in [0.5, 0.6) is 0 Å². The lowest BCUT2D eigenvalue weighted by Crippen LogP contribution is -2.52. The number of unbranched alkanes of at least 4 members (excludes halogenated alkanes) is 1. The van der Waals surface area contributed by atoms with Crippen molar-refractivity contribution >= 4 is 27.5 Å². The summed E-state index contributed by atoms with van der Waals surface area (Å²) in [5.74, 6) is -0.644. The molecule has 0 bridgehead atoms. The van der Waals surface area contributed by atoms with Gasteiger partial charge in [0.2, 0.25) is 21.8 Å². The Hall–Kier alpha value is -2.87. The third-order valence-corrected chi connectivity index (χ3v) is 7.01. The zero-order valence-corrected chi connectivity index (χ0v) is 21.7. The first kappa shape index (κ1) is 27.4. The number of hydrogen-bond donors (Lipinski definition) is 1. The van der Waals surface area contributed by atoms with Crippen molar-refractivity contribution in [1.29, 1.82) is 0 Å². The maximum Gasteiger partial charge on any atom is 0.244 e. The molecule has 0 saturated heterocycles. The number of nitrogens with zero attached hydrogens (tertiary/aromatic N) is 2. The number of sulfonamides is 1. The Morgan fingerprint density at radius 1 is 0.971 bits per heavy atom. The summed E-state index contributed by atoms with van der Waals surface area (Å²) in [6, 6.07) is 14.0. The molecule has 0 aliphatic heterocycles. The van der Waals surface area contributed by atoms with Crippen LogP contribution in [0.4, 0.5) is 5.69 Å². The summed E-state index contributed by atoms with van der Waals surface area (Å²) in [6.45, 7) is 8.04. The largest absolute Gasteiger partial charge is 0.354 e. The molecule has 0 aliphatic rings. The van der Waals surface area contributed by atoms with Gasteiger partial charge in [0.15, 0.2) is 0 Å². The topological polar surface area (TPSA) is 86.8 Å².